The Balaban J connectivity index is 1.57. The molecule has 2 aliphatic rings. The van der Waals surface area contributed by atoms with Gasteiger partial charge in [-0.05, 0) is 33.0 Å². The van der Waals surface area contributed by atoms with E-state index in [9.17, 15) is 4.79 Å². The van der Waals surface area contributed by atoms with Gasteiger partial charge in [0.05, 0.1) is 0 Å². The van der Waals surface area contributed by atoms with E-state index in [-0.39, 0.29) is 5.41 Å². The molecule has 21 heavy (non-hydrogen) atoms. The van der Waals surface area contributed by atoms with Crippen LogP contribution in [0.5, 0.6) is 0 Å². The van der Waals surface area contributed by atoms with Gasteiger partial charge in [-0.3, -0.25) is 4.79 Å². The van der Waals surface area contributed by atoms with E-state index in [4.69, 9.17) is 0 Å². The van der Waals surface area contributed by atoms with Gasteiger partial charge in [-0.1, -0.05) is 6.92 Å². The van der Waals surface area contributed by atoms with Crippen LogP contribution in [0.1, 0.15) is 19.8 Å². The van der Waals surface area contributed by atoms with Crippen molar-refractivity contribution in [3.63, 3.8) is 0 Å². The number of piperidine rings is 1. The molecule has 0 aromatic carbocycles. The molecule has 0 unspecified atom stereocenters. The molecule has 0 saturated carbocycles. The third kappa shape index (κ3) is 2.88. The second kappa shape index (κ2) is 5.63. The van der Waals surface area contributed by atoms with Crippen LogP contribution in [0.2, 0.25) is 0 Å². The Morgan fingerprint density at radius 2 is 1.86 bits per heavy atom. The summed E-state index contributed by atoms with van der Waals surface area (Å²) in [6.07, 6.45) is 3.45. The first-order valence-corrected chi connectivity index (χ1v) is 7.67. The van der Waals surface area contributed by atoms with E-state index in [1.165, 1.54) is 6.33 Å². The van der Waals surface area contributed by atoms with Gasteiger partial charge in [0.25, 0.3) is 0 Å². The highest BCUT2D eigenvalue weighted by molar-refractivity contribution is 5.82. The summed E-state index contributed by atoms with van der Waals surface area (Å²) in [6.45, 7) is 7.33. The van der Waals surface area contributed by atoms with E-state index in [2.05, 4.69) is 39.0 Å². The van der Waals surface area contributed by atoms with E-state index < -0.39 is 0 Å². The number of aromatic amines is 1. The van der Waals surface area contributed by atoms with Crippen LogP contribution in [0.4, 0.5) is 5.95 Å². The number of hydrogen-bond donors (Lipinski definition) is 1. The summed E-state index contributed by atoms with van der Waals surface area (Å²) < 4.78 is 0. The Kier molecular flexibility index (Phi) is 3.84. The Morgan fingerprint density at radius 3 is 2.43 bits per heavy atom. The molecule has 7 nitrogen and oxygen atoms in total. The van der Waals surface area contributed by atoms with Crippen LogP contribution < -0.4 is 4.90 Å². The van der Waals surface area contributed by atoms with Crippen LogP contribution >= 0.6 is 0 Å². The average molecular weight is 292 g/mol. The molecule has 1 aromatic heterocycles. The Bertz CT molecular complexity index is 472. The molecule has 0 spiro atoms. The number of piperazine rings is 1. The number of amides is 1. The van der Waals surface area contributed by atoms with E-state index in [1.54, 1.807) is 0 Å². The van der Waals surface area contributed by atoms with Crippen LogP contribution in [0.15, 0.2) is 6.33 Å². The topological polar surface area (TPSA) is 68.4 Å². The van der Waals surface area contributed by atoms with Crippen LogP contribution in [0.3, 0.4) is 0 Å². The number of H-pyrrole nitrogens is 1. The SMILES string of the molecule is CN1CCC(C)(C(=O)N2CCN(c3ncn[nH]3)CC2)CC1. The lowest BCUT2D eigenvalue weighted by molar-refractivity contribution is -0.144. The number of carbonyl (C=O) groups excluding carboxylic acids is 1. The minimum atomic E-state index is -0.180. The van der Waals surface area contributed by atoms with Crippen LogP contribution in [-0.4, -0.2) is 77.2 Å². The van der Waals surface area contributed by atoms with Crippen LogP contribution in [0, 0.1) is 5.41 Å². The number of hydrogen-bond acceptors (Lipinski definition) is 5. The number of nitrogens with one attached hydrogen (secondary N) is 1. The van der Waals surface area contributed by atoms with Crippen molar-refractivity contribution in [2.45, 2.75) is 19.8 Å². The first-order chi connectivity index (χ1) is 10.1. The Hall–Kier alpha value is -1.63. The van der Waals surface area contributed by atoms with E-state index in [0.29, 0.717) is 5.91 Å². The van der Waals surface area contributed by atoms with Gasteiger partial charge >= 0.3 is 0 Å². The second-order valence-electron chi connectivity index (χ2n) is 6.45. The minimum absolute atomic E-state index is 0.180. The van der Waals surface area contributed by atoms with Crippen molar-refractivity contribution in [3.8, 4) is 0 Å². The molecule has 3 rings (SSSR count). The van der Waals surface area contributed by atoms with Gasteiger partial charge in [-0.25, -0.2) is 5.10 Å². The lowest BCUT2D eigenvalue weighted by atomic mass is 9.79. The van der Waals surface area contributed by atoms with Gasteiger partial charge in [0.15, 0.2) is 0 Å². The van der Waals surface area contributed by atoms with Crippen molar-refractivity contribution < 1.29 is 4.79 Å². The first-order valence-electron chi connectivity index (χ1n) is 7.67. The van der Waals surface area contributed by atoms with Crippen molar-refractivity contribution in [1.29, 1.82) is 0 Å². The molecule has 2 aliphatic heterocycles. The third-order valence-electron chi connectivity index (χ3n) is 4.88. The van der Waals surface area contributed by atoms with Crippen molar-refractivity contribution in [2.24, 2.45) is 5.41 Å². The Morgan fingerprint density at radius 1 is 1.19 bits per heavy atom. The van der Waals surface area contributed by atoms with E-state index in [0.717, 1.165) is 58.1 Å². The maximum atomic E-state index is 12.8. The normalized spacial score (nSPS) is 23.3. The highest BCUT2D eigenvalue weighted by atomic mass is 16.2. The minimum Gasteiger partial charge on any atom is -0.339 e. The largest absolute Gasteiger partial charge is 0.339 e. The molecule has 116 valence electrons. The molecule has 2 saturated heterocycles. The van der Waals surface area contributed by atoms with Crippen molar-refractivity contribution in [1.82, 2.24) is 25.0 Å². The monoisotopic (exact) mass is 292 g/mol. The molecular weight excluding hydrogens is 268 g/mol. The molecular formula is C14H24N6O. The van der Waals surface area contributed by atoms with Crippen LogP contribution in [0.25, 0.3) is 0 Å². The summed E-state index contributed by atoms with van der Waals surface area (Å²) >= 11 is 0. The van der Waals surface area contributed by atoms with E-state index >= 15 is 0 Å². The fourth-order valence-electron chi connectivity index (χ4n) is 3.18. The molecule has 1 aromatic rings. The highest BCUT2D eigenvalue weighted by Gasteiger charge is 2.39. The zero-order chi connectivity index (χ0) is 14.9. The van der Waals surface area contributed by atoms with Gasteiger partial charge in [-0.2, -0.15) is 10.1 Å². The van der Waals surface area contributed by atoms with Crippen molar-refractivity contribution in [3.05, 3.63) is 6.33 Å². The maximum absolute atomic E-state index is 12.8. The average Bonchev–Trinajstić information content (AvgIpc) is 3.04. The smallest absolute Gasteiger partial charge is 0.228 e. The second-order valence-corrected chi connectivity index (χ2v) is 6.45. The summed E-state index contributed by atoms with van der Waals surface area (Å²) in [5, 5.41) is 6.76. The van der Waals surface area contributed by atoms with Gasteiger partial charge in [0.2, 0.25) is 11.9 Å². The quantitative estimate of drug-likeness (QED) is 0.842. The molecule has 0 bridgehead atoms. The molecule has 0 radical (unpaired) electrons. The fraction of sp³-hybridized carbons (Fsp3) is 0.786. The summed E-state index contributed by atoms with van der Waals surface area (Å²) in [6, 6.07) is 0. The van der Waals surface area contributed by atoms with Gasteiger partial charge in [0, 0.05) is 31.6 Å². The predicted octanol–water partition coefficient (Wildman–Crippen LogP) is 0.185. The highest BCUT2D eigenvalue weighted by Crippen LogP contribution is 2.33. The molecule has 2 fully saturated rings. The van der Waals surface area contributed by atoms with Gasteiger partial charge in [-0.15, -0.1) is 0 Å². The summed E-state index contributed by atoms with van der Waals surface area (Å²) in [7, 11) is 2.13. The summed E-state index contributed by atoms with van der Waals surface area (Å²) in [4.78, 5) is 23.5. The van der Waals surface area contributed by atoms with Crippen LogP contribution in [-0.2, 0) is 4.79 Å². The molecule has 1 amide bonds. The van der Waals surface area contributed by atoms with Gasteiger partial charge < -0.3 is 14.7 Å². The lowest BCUT2D eigenvalue weighted by Gasteiger charge is -2.42. The predicted molar refractivity (Wildman–Crippen MR) is 80.0 cm³/mol. The zero-order valence-electron chi connectivity index (χ0n) is 12.9. The third-order valence-corrected chi connectivity index (χ3v) is 4.88. The molecule has 0 atom stereocenters. The summed E-state index contributed by atoms with van der Waals surface area (Å²) in [5.41, 5.74) is -0.180. The standard InChI is InChI=1S/C14H24N6O/c1-14(3-5-18(2)6-4-14)12(21)19-7-9-20(10-8-19)13-15-11-16-17-13/h11H,3-10H2,1-2H3,(H,15,16,17). The molecule has 0 aliphatic carbocycles. The van der Waals surface area contributed by atoms with E-state index in [1.807, 2.05) is 4.90 Å². The first kappa shape index (κ1) is 14.3. The number of nitrogens with zero attached hydrogens (tertiary/aromatic N) is 5. The number of rotatable bonds is 2. The molecule has 7 heteroatoms. The fourth-order valence-corrected chi connectivity index (χ4v) is 3.18. The number of anilines is 1. The number of likely N-dealkylation sites (tertiary alicyclic amines) is 1. The lowest BCUT2D eigenvalue weighted by Crippen LogP contribution is -2.54. The Labute approximate surface area is 125 Å². The van der Waals surface area contributed by atoms with Crippen molar-refractivity contribution >= 4 is 11.9 Å². The molecule has 3 heterocycles. The van der Waals surface area contributed by atoms with Gasteiger partial charge in [0.1, 0.15) is 6.33 Å². The number of aromatic nitrogens is 3. The number of carbonyl (C=O) groups is 1. The zero-order valence-corrected chi connectivity index (χ0v) is 12.9. The van der Waals surface area contributed by atoms with Crippen molar-refractivity contribution in [2.75, 3.05) is 51.2 Å². The molecule has 1 N–H and O–H groups in total. The maximum Gasteiger partial charge on any atom is 0.228 e. The summed E-state index contributed by atoms with van der Waals surface area (Å²) in [5.74, 6) is 1.13.